The maximum Gasteiger partial charge on any atom is 0.269 e. The summed E-state index contributed by atoms with van der Waals surface area (Å²) in [6.45, 7) is 0.540. The topological polar surface area (TPSA) is 79.9 Å². The number of carbonyl (C=O) groups is 1. The van der Waals surface area contributed by atoms with Crippen molar-refractivity contribution in [3.63, 3.8) is 0 Å². The Morgan fingerprint density at radius 1 is 1.25 bits per heavy atom. The van der Waals surface area contributed by atoms with Crippen LogP contribution in [0.15, 0.2) is 54.9 Å². The second-order valence-electron chi connectivity index (χ2n) is 5.27. The molecular formula is C18H18N4O2. The second kappa shape index (κ2) is 7.41. The Morgan fingerprint density at radius 3 is 2.96 bits per heavy atom. The third-order valence-electron chi connectivity index (χ3n) is 3.61. The summed E-state index contributed by atoms with van der Waals surface area (Å²) in [5.41, 5.74) is 3.10. The molecule has 6 heteroatoms. The molecule has 1 aromatic carbocycles. The molecule has 0 aliphatic rings. The van der Waals surface area contributed by atoms with Crippen LogP contribution in [0.2, 0.25) is 0 Å². The van der Waals surface area contributed by atoms with Gasteiger partial charge in [-0.25, -0.2) is 0 Å². The highest BCUT2D eigenvalue weighted by molar-refractivity contribution is 5.93. The summed E-state index contributed by atoms with van der Waals surface area (Å²) in [7, 11) is 1.62. The van der Waals surface area contributed by atoms with Crippen LogP contribution in [-0.2, 0) is 6.42 Å². The minimum atomic E-state index is -0.180. The molecule has 3 aromatic rings. The molecular weight excluding hydrogens is 304 g/mol. The highest BCUT2D eigenvalue weighted by Crippen LogP contribution is 2.22. The molecule has 2 N–H and O–H groups in total. The molecule has 0 saturated heterocycles. The van der Waals surface area contributed by atoms with Crippen LogP contribution in [0, 0.1) is 0 Å². The summed E-state index contributed by atoms with van der Waals surface area (Å²) in [5.74, 6) is 0.568. The van der Waals surface area contributed by atoms with Crippen molar-refractivity contribution >= 4 is 5.91 Å². The van der Waals surface area contributed by atoms with Crippen LogP contribution in [0.3, 0.4) is 0 Å². The third kappa shape index (κ3) is 3.78. The molecule has 0 aliphatic carbocycles. The number of carbonyl (C=O) groups excluding carboxylic acids is 1. The predicted molar refractivity (Wildman–Crippen MR) is 90.8 cm³/mol. The number of amides is 1. The van der Waals surface area contributed by atoms with E-state index in [1.165, 1.54) is 0 Å². The van der Waals surface area contributed by atoms with Gasteiger partial charge in [0.05, 0.1) is 12.8 Å². The van der Waals surface area contributed by atoms with E-state index in [2.05, 4.69) is 20.5 Å². The standard InChI is InChI=1S/C18H18N4O2/c1-24-15-6-2-5-14(10-15)16-11-17(22-21-16)18(23)20-9-7-13-4-3-8-19-12-13/h2-6,8,10-12H,7,9H2,1H3,(H,20,23)(H,21,22). The van der Waals surface area contributed by atoms with E-state index in [1.54, 1.807) is 25.6 Å². The van der Waals surface area contributed by atoms with Gasteiger partial charge in [0, 0.05) is 24.5 Å². The van der Waals surface area contributed by atoms with Gasteiger partial charge in [0.2, 0.25) is 0 Å². The first-order chi connectivity index (χ1) is 11.8. The van der Waals surface area contributed by atoms with Crippen LogP contribution in [0.4, 0.5) is 0 Å². The number of nitrogens with zero attached hydrogens (tertiary/aromatic N) is 2. The molecule has 24 heavy (non-hydrogen) atoms. The molecule has 1 amide bonds. The summed E-state index contributed by atoms with van der Waals surface area (Å²) in [4.78, 5) is 16.2. The summed E-state index contributed by atoms with van der Waals surface area (Å²) >= 11 is 0. The van der Waals surface area contributed by atoms with Crippen LogP contribution < -0.4 is 10.1 Å². The number of methoxy groups -OCH3 is 1. The smallest absolute Gasteiger partial charge is 0.269 e. The number of rotatable bonds is 6. The number of nitrogens with one attached hydrogen (secondary N) is 2. The molecule has 2 aromatic heterocycles. The fourth-order valence-corrected chi connectivity index (χ4v) is 2.33. The zero-order chi connectivity index (χ0) is 16.8. The van der Waals surface area contributed by atoms with Crippen LogP contribution in [0.5, 0.6) is 5.75 Å². The Labute approximate surface area is 139 Å². The van der Waals surface area contributed by atoms with Gasteiger partial charge in [-0.15, -0.1) is 0 Å². The molecule has 0 aliphatic heterocycles. The lowest BCUT2D eigenvalue weighted by molar-refractivity contribution is 0.0949. The second-order valence-corrected chi connectivity index (χ2v) is 5.27. The van der Waals surface area contributed by atoms with Gasteiger partial charge in [0.25, 0.3) is 5.91 Å². The number of aromatic amines is 1. The van der Waals surface area contributed by atoms with Crippen LogP contribution in [0.1, 0.15) is 16.1 Å². The highest BCUT2D eigenvalue weighted by atomic mass is 16.5. The van der Waals surface area contributed by atoms with E-state index < -0.39 is 0 Å². The summed E-state index contributed by atoms with van der Waals surface area (Å²) in [6, 6.07) is 13.1. The number of hydrogen-bond donors (Lipinski definition) is 2. The number of aromatic nitrogens is 3. The normalized spacial score (nSPS) is 10.4. The summed E-state index contributed by atoms with van der Waals surface area (Å²) < 4.78 is 5.20. The van der Waals surface area contributed by atoms with Crippen molar-refractivity contribution in [2.24, 2.45) is 0 Å². The number of ether oxygens (including phenoxy) is 1. The fourth-order valence-electron chi connectivity index (χ4n) is 2.33. The molecule has 122 valence electrons. The SMILES string of the molecule is COc1cccc(-c2cc(C(=O)NCCc3cccnc3)[nH]n2)c1. The molecule has 0 unspecified atom stereocenters. The van der Waals surface area contributed by atoms with Crippen molar-refractivity contribution in [1.82, 2.24) is 20.5 Å². The van der Waals surface area contributed by atoms with Gasteiger partial charge < -0.3 is 10.1 Å². The van der Waals surface area contributed by atoms with Crippen molar-refractivity contribution in [2.75, 3.05) is 13.7 Å². The van der Waals surface area contributed by atoms with Crippen molar-refractivity contribution < 1.29 is 9.53 Å². The minimum absolute atomic E-state index is 0.180. The Bertz CT molecular complexity index is 815. The van der Waals surface area contributed by atoms with Gasteiger partial charge in [0.15, 0.2) is 0 Å². The van der Waals surface area contributed by atoms with Crippen LogP contribution in [-0.4, -0.2) is 34.7 Å². The third-order valence-corrected chi connectivity index (χ3v) is 3.61. The first kappa shape index (κ1) is 15.7. The molecule has 3 rings (SSSR count). The number of benzene rings is 1. The average Bonchev–Trinajstić information content (AvgIpc) is 3.13. The van der Waals surface area contributed by atoms with Gasteiger partial charge in [0.1, 0.15) is 11.4 Å². The molecule has 0 bridgehead atoms. The monoisotopic (exact) mass is 322 g/mol. The van der Waals surface area contributed by atoms with E-state index in [4.69, 9.17) is 4.74 Å². The Kier molecular flexibility index (Phi) is 4.86. The zero-order valence-corrected chi connectivity index (χ0v) is 13.3. The lowest BCUT2D eigenvalue weighted by atomic mass is 10.1. The summed E-state index contributed by atoms with van der Waals surface area (Å²) in [5, 5.41) is 9.84. The van der Waals surface area contributed by atoms with Crippen molar-refractivity contribution in [3.8, 4) is 17.0 Å². The minimum Gasteiger partial charge on any atom is -0.497 e. The maximum absolute atomic E-state index is 12.2. The molecule has 0 spiro atoms. The Balaban J connectivity index is 1.61. The first-order valence-corrected chi connectivity index (χ1v) is 7.63. The van der Waals surface area contributed by atoms with Gasteiger partial charge in [-0.05, 0) is 36.2 Å². The zero-order valence-electron chi connectivity index (χ0n) is 13.3. The molecule has 0 atom stereocenters. The average molecular weight is 322 g/mol. The Morgan fingerprint density at radius 2 is 2.17 bits per heavy atom. The van der Waals surface area contributed by atoms with Gasteiger partial charge >= 0.3 is 0 Å². The van der Waals surface area contributed by atoms with Gasteiger partial charge in [-0.3, -0.25) is 14.9 Å². The van der Waals surface area contributed by atoms with Crippen molar-refractivity contribution in [2.45, 2.75) is 6.42 Å². The number of H-pyrrole nitrogens is 1. The van der Waals surface area contributed by atoms with E-state index >= 15 is 0 Å². The van der Waals surface area contributed by atoms with Gasteiger partial charge in [-0.1, -0.05) is 18.2 Å². The molecule has 0 radical (unpaired) electrons. The number of pyridine rings is 1. The van der Waals surface area contributed by atoms with Gasteiger partial charge in [-0.2, -0.15) is 5.10 Å². The van der Waals surface area contributed by atoms with Crippen LogP contribution in [0.25, 0.3) is 11.3 Å². The molecule has 2 heterocycles. The molecule has 6 nitrogen and oxygen atoms in total. The lowest BCUT2D eigenvalue weighted by Gasteiger charge is -2.03. The highest BCUT2D eigenvalue weighted by Gasteiger charge is 2.11. The first-order valence-electron chi connectivity index (χ1n) is 7.63. The summed E-state index contributed by atoms with van der Waals surface area (Å²) in [6.07, 6.45) is 4.26. The predicted octanol–water partition coefficient (Wildman–Crippen LogP) is 2.45. The maximum atomic E-state index is 12.2. The molecule has 0 saturated carbocycles. The fraction of sp³-hybridized carbons (Fsp3) is 0.167. The Hall–Kier alpha value is -3.15. The van der Waals surface area contributed by atoms with E-state index in [1.807, 2.05) is 36.4 Å². The van der Waals surface area contributed by atoms with E-state index in [9.17, 15) is 4.79 Å². The molecule has 0 fully saturated rings. The van der Waals surface area contributed by atoms with E-state index in [-0.39, 0.29) is 5.91 Å². The van der Waals surface area contributed by atoms with E-state index in [0.717, 1.165) is 23.3 Å². The largest absolute Gasteiger partial charge is 0.497 e. The van der Waals surface area contributed by atoms with Crippen LogP contribution >= 0.6 is 0 Å². The van der Waals surface area contributed by atoms with Crippen molar-refractivity contribution in [1.29, 1.82) is 0 Å². The quantitative estimate of drug-likeness (QED) is 0.730. The van der Waals surface area contributed by atoms with Crippen molar-refractivity contribution in [3.05, 3.63) is 66.1 Å². The van der Waals surface area contributed by atoms with E-state index in [0.29, 0.717) is 17.9 Å². The number of hydrogen-bond acceptors (Lipinski definition) is 4. The lowest BCUT2D eigenvalue weighted by Crippen LogP contribution is -2.26.